The van der Waals surface area contributed by atoms with Crippen molar-refractivity contribution in [2.75, 3.05) is 5.75 Å². The van der Waals surface area contributed by atoms with Gasteiger partial charge in [-0.3, -0.25) is 4.79 Å². The third-order valence-electron chi connectivity index (χ3n) is 4.90. The van der Waals surface area contributed by atoms with E-state index in [0.29, 0.717) is 12.3 Å². The Labute approximate surface area is 183 Å². The number of rotatable bonds is 9. The van der Waals surface area contributed by atoms with Crippen LogP contribution in [-0.2, 0) is 17.9 Å². The number of nitrogens with zero attached hydrogens (tertiary/aromatic N) is 4. The summed E-state index contributed by atoms with van der Waals surface area (Å²) in [6.45, 7) is 9.77. The average molecular weight is 423 g/mol. The van der Waals surface area contributed by atoms with E-state index >= 15 is 0 Å². The number of carbonyl (C=O) groups is 1. The summed E-state index contributed by atoms with van der Waals surface area (Å²) in [6, 6.07) is 18.5. The minimum atomic E-state index is 0.113. The first-order valence-electron chi connectivity index (χ1n) is 10.5. The van der Waals surface area contributed by atoms with E-state index in [1.54, 1.807) is 0 Å². The molecule has 0 aliphatic heterocycles. The Hall–Kier alpha value is -2.60. The second kappa shape index (κ2) is 10.4. The number of benzene rings is 2. The van der Waals surface area contributed by atoms with Crippen LogP contribution in [0.1, 0.15) is 38.3 Å². The van der Waals surface area contributed by atoms with Crippen molar-refractivity contribution in [3.63, 3.8) is 0 Å². The molecule has 0 fully saturated rings. The number of hydrogen-bond acceptors (Lipinski definition) is 4. The fraction of sp³-hybridized carbons (Fsp3) is 0.375. The summed E-state index contributed by atoms with van der Waals surface area (Å²) in [7, 11) is 0. The molecule has 6 heteroatoms. The smallest absolute Gasteiger partial charge is 0.233 e. The molecule has 158 valence electrons. The molecule has 5 nitrogen and oxygen atoms in total. The molecule has 0 aliphatic rings. The molecule has 1 amide bonds. The fourth-order valence-corrected chi connectivity index (χ4v) is 4.22. The zero-order valence-electron chi connectivity index (χ0n) is 18.2. The van der Waals surface area contributed by atoms with Gasteiger partial charge in [-0.2, -0.15) is 0 Å². The Morgan fingerprint density at radius 3 is 2.53 bits per heavy atom. The molecule has 0 aliphatic carbocycles. The molecular formula is C24H30N4OS. The molecule has 2 aromatic carbocycles. The van der Waals surface area contributed by atoms with Crippen molar-refractivity contribution in [2.45, 2.75) is 58.4 Å². The third kappa shape index (κ3) is 5.51. The van der Waals surface area contributed by atoms with Crippen molar-refractivity contribution in [3.8, 4) is 11.4 Å². The van der Waals surface area contributed by atoms with Crippen LogP contribution in [0.2, 0.25) is 0 Å². The summed E-state index contributed by atoms with van der Waals surface area (Å²) in [5, 5.41) is 9.64. The maximum atomic E-state index is 13.0. The molecule has 1 aromatic heterocycles. The van der Waals surface area contributed by atoms with Gasteiger partial charge in [0.25, 0.3) is 0 Å². The summed E-state index contributed by atoms with van der Waals surface area (Å²) in [6.07, 6.45) is 0.977. The number of carbonyl (C=O) groups excluding carboxylic acids is 1. The van der Waals surface area contributed by atoms with Crippen LogP contribution >= 0.6 is 11.8 Å². The van der Waals surface area contributed by atoms with Crippen LogP contribution in [0.4, 0.5) is 0 Å². The van der Waals surface area contributed by atoms with E-state index in [-0.39, 0.29) is 11.9 Å². The fourth-order valence-electron chi connectivity index (χ4n) is 3.37. The molecule has 0 saturated heterocycles. The summed E-state index contributed by atoms with van der Waals surface area (Å²) in [5.74, 6) is 1.32. The molecule has 0 unspecified atom stereocenters. The van der Waals surface area contributed by atoms with E-state index in [1.165, 1.54) is 17.3 Å². The summed E-state index contributed by atoms with van der Waals surface area (Å²) < 4.78 is 2.13. The zero-order chi connectivity index (χ0) is 21.5. The van der Waals surface area contributed by atoms with Crippen molar-refractivity contribution < 1.29 is 4.79 Å². The molecule has 3 aromatic rings. The van der Waals surface area contributed by atoms with Crippen molar-refractivity contribution in [1.29, 1.82) is 0 Å². The van der Waals surface area contributed by atoms with Crippen LogP contribution in [0.3, 0.4) is 0 Å². The standard InChI is InChI=1S/C24H30N4OS/c1-5-14-27-23(21-13-9-10-19(4)15-21)25-26-24(27)30-17-22(29)28(18(2)3)16-20-11-7-6-8-12-20/h6-13,15,18H,5,14,16-17H2,1-4H3. The van der Waals surface area contributed by atoms with Gasteiger partial charge in [-0.25, -0.2) is 0 Å². The van der Waals surface area contributed by atoms with Crippen LogP contribution in [0.5, 0.6) is 0 Å². The lowest BCUT2D eigenvalue weighted by Crippen LogP contribution is -2.37. The Morgan fingerprint density at radius 2 is 1.87 bits per heavy atom. The van der Waals surface area contributed by atoms with Crippen LogP contribution in [-0.4, -0.2) is 37.4 Å². The van der Waals surface area contributed by atoms with E-state index in [4.69, 9.17) is 0 Å². The van der Waals surface area contributed by atoms with Gasteiger partial charge in [-0.1, -0.05) is 72.8 Å². The molecule has 0 radical (unpaired) electrons. The van der Waals surface area contributed by atoms with Gasteiger partial charge in [-0.05, 0) is 38.8 Å². The topological polar surface area (TPSA) is 51.0 Å². The van der Waals surface area contributed by atoms with Crippen LogP contribution in [0.25, 0.3) is 11.4 Å². The number of aromatic nitrogens is 3. The molecule has 3 rings (SSSR count). The van der Waals surface area contributed by atoms with Crippen molar-refractivity contribution >= 4 is 17.7 Å². The van der Waals surface area contributed by atoms with E-state index in [9.17, 15) is 4.79 Å². The Morgan fingerprint density at radius 1 is 1.10 bits per heavy atom. The van der Waals surface area contributed by atoms with E-state index in [2.05, 4.69) is 72.8 Å². The maximum Gasteiger partial charge on any atom is 0.233 e. The van der Waals surface area contributed by atoms with Crippen molar-refractivity contribution in [1.82, 2.24) is 19.7 Å². The highest BCUT2D eigenvalue weighted by Gasteiger charge is 2.20. The van der Waals surface area contributed by atoms with Gasteiger partial charge in [-0.15, -0.1) is 10.2 Å². The SMILES string of the molecule is CCCn1c(SCC(=O)N(Cc2ccccc2)C(C)C)nnc1-c1cccc(C)c1. The molecule has 30 heavy (non-hydrogen) atoms. The predicted octanol–water partition coefficient (Wildman–Crippen LogP) is 5.19. The summed E-state index contributed by atoms with van der Waals surface area (Å²) in [4.78, 5) is 14.9. The molecule has 0 bridgehead atoms. The lowest BCUT2D eigenvalue weighted by molar-refractivity contribution is -0.130. The zero-order valence-corrected chi connectivity index (χ0v) is 19.0. The van der Waals surface area contributed by atoms with Gasteiger partial charge in [0.2, 0.25) is 5.91 Å². The van der Waals surface area contributed by atoms with Gasteiger partial charge in [0.05, 0.1) is 5.75 Å². The second-order valence-electron chi connectivity index (χ2n) is 7.72. The highest BCUT2D eigenvalue weighted by Crippen LogP contribution is 2.25. The molecule has 0 atom stereocenters. The first-order chi connectivity index (χ1) is 14.5. The lowest BCUT2D eigenvalue weighted by Gasteiger charge is -2.26. The Balaban J connectivity index is 1.74. The quantitative estimate of drug-likeness (QED) is 0.445. The summed E-state index contributed by atoms with van der Waals surface area (Å²) in [5.41, 5.74) is 3.39. The highest BCUT2D eigenvalue weighted by molar-refractivity contribution is 7.99. The predicted molar refractivity (Wildman–Crippen MR) is 123 cm³/mol. The average Bonchev–Trinajstić information content (AvgIpc) is 3.13. The van der Waals surface area contributed by atoms with Gasteiger partial charge in [0.1, 0.15) is 0 Å². The van der Waals surface area contributed by atoms with E-state index in [0.717, 1.165) is 35.1 Å². The largest absolute Gasteiger partial charge is 0.335 e. The minimum absolute atomic E-state index is 0.113. The molecule has 0 N–H and O–H groups in total. The van der Waals surface area contributed by atoms with Crippen LogP contribution in [0.15, 0.2) is 59.8 Å². The number of thioether (sulfide) groups is 1. The normalized spacial score (nSPS) is 11.1. The lowest BCUT2D eigenvalue weighted by atomic mass is 10.1. The van der Waals surface area contributed by atoms with Gasteiger partial charge in [0, 0.05) is 24.7 Å². The van der Waals surface area contributed by atoms with Gasteiger partial charge < -0.3 is 9.47 Å². The van der Waals surface area contributed by atoms with E-state index in [1.807, 2.05) is 29.2 Å². The van der Waals surface area contributed by atoms with Crippen LogP contribution < -0.4 is 0 Å². The third-order valence-corrected chi connectivity index (χ3v) is 5.86. The Kier molecular flexibility index (Phi) is 7.69. The summed E-state index contributed by atoms with van der Waals surface area (Å²) >= 11 is 1.47. The number of aryl methyl sites for hydroxylation is 1. The maximum absolute atomic E-state index is 13.0. The van der Waals surface area contributed by atoms with Crippen molar-refractivity contribution in [2.24, 2.45) is 0 Å². The van der Waals surface area contributed by atoms with Crippen molar-refractivity contribution in [3.05, 3.63) is 65.7 Å². The van der Waals surface area contributed by atoms with Crippen LogP contribution in [0, 0.1) is 6.92 Å². The number of hydrogen-bond donors (Lipinski definition) is 0. The highest BCUT2D eigenvalue weighted by atomic mass is 32.2. The second-order valence-corrected chi connectivity index (χ2v) is 8.66. The molecule has 0 spiro atoms. The molecule has 0 saturated carbocycles. The minimum Gasteiger partial charge on any atom is -0.335 e. The van der Waals surface area contributed by atoms with E-state index < -0.39 is 0 Å². The first kappa shape index (κ1) is 22.1. The number of amides is 1. The Bertz CT molecular complexity index is 968. The van der Waals surface area contributed by atoms with Gasteiger partial charge in [0.15, 0.2) is 11.0 Å². The monoisotopic (exact) mass is 422 g/mol. The first-order valence-corrected chi connectivity index (χ1v) is 11.4. The van der Waals surface area contributed by atoms with Gasteiger partial charge >= 0.3 is 0 Å². The molecular weight excluding hydrogens is 392 g/mol. The molecule has 1 heterocycles.